The van der Waals surface area contributed by atoms with Crippen molar-refractivity contribution in [2.75, 3.05) is 20.2 Å². The SMILES string of the molecule is CCOC(=O)c1ccc(CNC(=NC)NCCc2nc(C)c(C)s2)cc1. The molecule has 0 bridgehead atoms. The minimum atomic E-state index is -0.294. The van der Waals surface area contributed by atoms with Crippen LogP contribution in [0.5, 0.6) is 0 Å². The normalized spacial score (nSPS) is 11.3. The summed E-state index contributed by atoms with van der Waals surface area (Å²) >= 11 is 1.74. The Balaban J connectivity index is 1.78. The van der Waals surface area contributed by atoms with Crippen LogP contribution < -0.4 is 10.6 Å². The number of thiazole rings is 1. The number of ether oxygens (including phenoxy) is 1. The topological polar surface area (TPSA) is 75.6 Å². The first kappa shape index (κ1) is 19.9. The highest BCUT2D eigenvalue weighted by Gasteiger charge is 2.06. The zero-order chi connectivity index (χ0) is 18.9. The van der Waals surface area contributed by atoms with Crippen molar-refractivity contribution in [1.29, 1.82) is 0 Å². The lowest BCUT2D eigenvalue weighted by Gasteiger charge is -2.11. The molecule has 0 radical (unpaired) electrons. The smallest absolute Gasteiger partial charge is 0.338 e. The van der Waals surface area contributed by atoms with E-state index in [0.717, 1.165) is 35.2 Å². The summed E-state index contributed by atoms with van der Waals surface area (Å²) in [4.78, 5) is 21.7. The molecule has 2 rings (SSSR count). The van der Waals surface area contributed by atoms with Crippen LogP contribution in [0, 0.1) is 13.8 Å². The van der Waals surface area contributed by atoms with E-state index in [-0.39, 0.29) is 5.97 Å². The van der Waals surface area contributed by atoms with Gasteiger partial charge in [0.1, 0.15) is 0 Å². The third-order valence-corrected chi connectivity index (χ3v) is 4.99. The van der Waals surface area contributed by atoms with Crippen LogP contribution in [0.2, 0.25) is 0 Å². The van der Waals surface area contributed by atoms with Crippen molar-refractivity contribution in [2.45, 2.75) is 33.7 Å². The van der Waals surface area contributed by atoms with Crippen LogP contribution in [-0.4, -0.2) is 37.1 Å². The molecule has 0 fully saturated rings. The first-order chi connectivity index (χ1) is 12.5. The lowest BCUT2D eigenvalue weighted by molar-refractivity contribution is 0.0526. The second kappa shape index (κ2) is 9.91. The number of aryl methyl sites for hydroxylation is 2. The fourth-order valence-corrected chi connectivity index (χ4v) is 3.25. The van der Waals surface area contributed by atoms with E-state index >= 15 is 0 Å². The fourth-order valence-electron chi connectivity index (χ4n) is 2.31. The largest absolute Gasteiger partial charge is 0.462 e. The molecule has 1 aromatic carbocycles. The average Bonchev–Trinajstić information content (AvgIpc) is 2.96. The lowest BCUT2D eigenvalue weighted by Crippen LogP contribution is -2.37. The third kappa shape index (κ3) is 5.84. The number of carbonyl (C=O) groups excluding carboxylic acids is 1. The van der Waals surface area contributed by atoms with Crippen LogP contribution in [0.3, 0.4) is 0 Å². The Kier molecular flexibility index (Phi) is 7.59. The molecule has 0 saturated carbocycles. The summed E-state index contributed by atoms with van der Waals surface area (Å²) in [6.45, 7) is 7.70. The van der Waals surface area contributed by atoms with Gasteiger partial charge in [-0.2, -0.15) is 0 Å². The second-order valence-corrected chi connectivity index (χ2v) is 7.06. The Morgan fingerprint density at radius 1 is 1.23 bits per heavy atom. The van der Waals surface area contributed by atoms with Crippen molar-refractivity contribution in [3.8, 4) is 0 Å². The predicted octanol–water partition coefficient (Wildman–Crippen LogP) is 2.84. The minimum Gasteiger partial charge on any atom is -0.462 e. The van der Waals surface area contributed by atoms with Gasteiger partial charge in [0.25, 0.3) is 0 Å². The summed E-state index contributed by atoms with van der Waals surface area (Å²) in [6.07, 6.45) is 0.869. The van der Waals surface area contributed by atoms with Crippen LogP contribution in [0.15, 0.2) is 29.3 Å². The van der Waals surface area contributed by atoms with Crippen molar-refractivity contribution >= 4 is 23.3 Å². The number of nitrogens with zero attached hydrogens (tertiary/aromatic N) is 2. The van der Waals surface area contributed by atoms with E-state index in [1.54, 1.807) is 37.4 Å². The van der Waals surface area contributed by atoms with Crippen molar-refractivity contribution in [3.63, 3.8) is 0 Å². The van der Waals surface area contributed by atoms with E-state index in [1.807, 2.05) is 19.1 Å². The van der Waals surface area contributed by atoms with Gasteiger partial charge in [-0.3, -0.25) is 4.99 Å². The maximum atomic E-state index is 11.7. The highest BCUT2D eigenvalue weighted by atomic mass is 32.1. The van der Waals surface area contributed by atoms with Crippen LogP contribution >= 0.6 is 11.3 Å². The first-order valence-corrected chi connectivity index (χ1v) is 9.48. The van der Waals surface area contributed by atoms with Gasteiger partial charge < -0.3 is 15.4 Å². The van der Waals surface area contributed by atoms with E-state index in [4.69, 9.17) is 4.74 Å². The lowest BCUT2D eigenvalue weighted by atomic mass is 10.1. The molecule has 1 heterocycles. The number of esters is 1. The van der Waals surface area contributed by atoms with Gasteiger partial charge in [0.05, 0.1) is 22.9 Å². The van der Waals surface area contributed by atoms with Crippen molar-refractivity contribution in [3.05, 3.63) is 51.0 Å². The highest BCUT2D eigenvalue weighted by Crippen LogP contribution is 2.16. The molecule has 0 unspecified atom stereocenters. The number of nitrogens with one attached hydrogen (secondary N) is 2. The molecule has 0 aliphatic heterocycles. The van der Waals surface area contributed by atoms with Crippen molar-refractivity contribution in [1.82, 2.24) is 15.6 Å². The Bertz CT molecular complexity index is 734. The molecule has 7 heteroatoms. The summed E-state index contributed by atoms with van der Waals surface area (Å²) < 4.78 is 4.99. The number of aromatic nitrogens is 1. The molecule has 0 aliphatic rings. The summed E-state index contributed by atoms with van der Waals surface area (Å²) in [5.74, 6) is 0.446. The van der Waals surface area contributed by atoms with E-state index in [0.29, 0.717) is 18.7 Å². The van der Waals surface area contributed by atoms with Crippen LogP contribution in [-0.2, 0) is 17.7 Å². The molecule has 2 N–H and O–H groups in total. The monoisotopic (exact) mass is 374 g/mol. The average molecular weight is 375 g/mol. The van der Waals surface area contributed by atoms with Crippen LogP contribution in [0.4, 0.5) is 0 Å². The Morgan fingerprint density at radius 3 is 2.54 bits per heavy atom. The van der Waals surface area contributed by atoms with Crippen molar-refractivity contribution < 1.29 is 9.53 Å². The summed E-state index contributed by atoms with van der Waals surface area (Å²) in [5, 5.41) is 7.70. The molecular formula is C19H26N4O2S. The van der Waals surface area contributed by atoms with E-state index in [1.165, 1.54) is 4.88 Å². The van der Waals surface area contributed by atoms with Gasteiger partial charge in [0, 0.05) is 31.4 Å². The third-order valence-electron chi connectivity index (χ3n) is 3.85. The maximum Gasteiger partial charge on any atom is 0.338 e. The molecule has 0 aliphatic carbocycles. The predicted molar refractivity (Wildman–Crippen MR) is 106 cm³/mol. The Labute approximate surface area is 158 Å². The number of guanidine groups is 1. The number of hydrogen-bond acceptors (Lipinski definition) is 5. The Hall–Kier alpha value is -2.41. The molecule has 6 nitrogen and oxygen atoms in total. The Morgan fingerprint density at radius 2 is 1.96 bits per heavy atom. The molecule has 0 amide bonds. The molecule has 0 spiro atoms. The highest BCUT2D eigenvalue weighted by molar-refractivity contribution is 7.11. The van der Waals surface area contributed by atoms with E-state index < -0.39 is 0 Å². The van der Waals surface area contributed by atoms with Crippen molar-refractivity contribution in [2.24, 2.45) is 4.99 Å². The number of rotatable bonds is 7. The van der Waals surface area contributed by atoms with Gasteiger partial charge >= 0.3 is 5.97 Å². The molecular weight excluding hydrogens is 348 g/mol. The standard InChI is InChI=1S/C19H26N4O2S/c1-5-25-18(24)16-8-6-15(7-9-16)12-22-19(20-4)21-11-10-17-23-13(2)14(3)26-17/h6-9H,5,10-12H2,1-4H3,(H2,20,21,22). The quantitative estimate of drug-likeness (QED) is 0.443. The van der Waals surface area contributed by atoms with Gasteiger partial charge in [-0.25, -0.2) is 9.78 Å². The minimum absolute atomic E-state index is 0.294. The number of benzene rings is 1. The second-order valence-electron chi connectivity index (χ2n) is 5.77. The zero-order valence-corrected chi connectivity index (χ0v) is 16.6. The van der Waals surface area contributed by atoms with E-state index in [9.17, 15) is 4.79 Å². The molecule has 26 heavy (non-hydrogen) atoms. The van der Waals surface area contributed by atoms with Gasteiger partial charge in [-0.15, -0.1) is 11.3 Å². The summed E-state index contributed by atoms with van der Waals surface area (Å²) in [6, 6.07) is 7.37. The molecule has 0 saturated heterocycles. The number of carbonyl (C=O) groups is 1. The van der Waals surface area contributed by atoms with Gasteiger partial charge in [0.2, 0.25) is 0 Å². The molecule has 140 valence electrons. The molecule has 1 aromatic heterocycles. The summed E-state index contributed by atoms with van der Waals surface area (Å²) in [5.41, 5.74) is 2.73. The van der Waals surface area contributed by atoms with Gasteiger partial charge in [-0.1, -0.05) is 12.1 Å². The van der Waals surface area contributed by atoms with Gasteiger partial charge in [-0.05, 0) is 38.5 Å². The van der Waals surface area contributed by atoms with E-state index in [2.05, 4.69) is 27.5 Å². The summed E-state index contributed by atoms with van der Waals surface area (Å²) in [7, 11) is 1.75. The van der Waals surface area contributed by atoms with Gasteiger partial charge in [0.15, 0.2) is 5.96 Å². The zero-order valence-electron chi connectivity index (χ0n) is 15.8. The fraction of sp³-hybridized carbons (Fsp3) is 0.421. The molecule has 0 atom stereocenters. The molecule has 2 aromatic rings. The number of aliphatic imine (C=N–C) groups is 1. The van der Waals surface area contributed by atoms with Crippen LogP contribution in [0.1, 0.15) is 38.4 Å². The first-order valence-electron chi connectivity index (χ1n) is 8.67. The van der Waals surface area contributed by atoms with Crippen LogP contribution in [0.25, 0.3) is 0 Å². The number of hydrogen-bond donors (Lipinski definition) is 2. The maximum absolute atomic E-state index is 11.7.